The molecule has 0 unspecified atom stereocenters. The van der Waals surface area contributed by atoms with Gasteiger partial charge in [-0.05, 0) is 26.0 Å². The summed E-state index contributed by atoms with van der Waals surface area (Å²) in [6, 6.07) is 8.03. The predicted molar refractivity (Wildman–Crippen MR) is 116 cm³/mol. The zero-order valence-corrected chi connectivity index (χ0v) is 20.8. The van der Waals surface area contributed by atoms with E-state index in [9.17, 15) is 0 Å². The Hall–Kier alpha value is 1.26. The predicted octanol–water partition coefficient (Wildman–Crippen LogP) is 5.96. The van der Waals surface area contributed by atoms with Gasteiger partial charge in [0.15, 0.2) is 0 Å². The Labute approximate surface area is 166 Å². The number of anilines is 1. The molecule has 1 aliphatic heterocycles. The van der Waals surface area contributed by atoms with Crippen LogP contribution in [-0.2, 0) is 9.66 Å². The fourth-order valence-electron chi connectivity index (χ4n) is 1.61. The van der Waals surface area contributed by atoms with Crippen LogP contribution in [0.4, 0.5) is 5.69 Å². The molecule has 0 aliphatic carbocycles. The Morgan fingerprint density at radius 1 is 1.19 bits per heavy atom. The van der Waals surface area contributed by atoms with Crippen molar-refractivity contribution in [2.45, 2.75) is 33.2 Å². The number of nitrogens with one attached hydrogen (secondary N) is 1. The van der Waals surface area contributed by atoms with E-state index in [0.29, 0.717) is 6.61 Å². The van der Waals surface area contributed by atoms with Crippen LogP contribution in [0.5, 0.6) is 0 Å². The number of halogens is 3. The molecule has 1 aromatic carbocycles. The topological polar surface area (TPSA) is 33.6 Å². The molecule has 2 rings (SSSR count). The molecule has 7 heteroatoms. The van der Waals surface area contributed by atoms with Gasteiger partial charge in [-0.2, -0.15) is 0 Å². The molecule has 0 atom stereocenters. The first-order valence-electron chi connectivity index (χ1n) is 6.63. The Kier molecular flexibility index (Phi) is 12.5. The third-order valence-electron chi connectivity index (χ3n) is 2.39. The minimum atomic E-state index is -0.278. The van der Waals surface area contributed by atoms with Crippen LogP contribution >= 0.6 is 59.9 Å². The third-order valence-corrected chi connectivity index (χ3v) is 2.39. The van der Waals surface area contributed by atoms with E-state index in [1.165, 1.54) is 0 Å². The molecule has 120 valence electrons. The molecule has 1 heterocycles. The van der Waals surface area contributed by atoms with Crippen molar-refractivity contribution >= 4 is 71.5 Å². The molecule has 1 aliphatic rings. The molecular weight excluding hydrogens is 644 g/mol. The summed E-state index contributed by atoms with van der Waals surface area (Å²) in [4.78, 5) is 4.28. The van der Waals surface area contributed by atoms with Crippen LogP contribution in [0.1, 0.15) is 33.3 Å². The summed E-state index contributed by atoms with van der Waals surface area (Å²) in [5.74, 6) is 0.741. The number of aliphatic imine (C=N–C) groups is 1. The number of para-hydroxylation sites is 1. The van der Waals surface area contributed by atoms with Crippen molar-refractivity contribution in [3.05, 3.63) is 29.8 Å². The van der Waals surface area contributed by atoms with Crippen molar-refractivity contribution in [1.82, 2.24) is 0 Å². The first-order valence-corrected chi connectivity index (χ1v) is 20.1. The van der Waals surface area contributed by atoms with Crippen LogP contribution in [-0.4, -0.2) is 25.1 Å². The minimum absolute atomic E-state index is 0.101. The fraction of sp³-hybridized carbons (Fsp3) is 0.500. The van der Waals surface area contributed by atoms with Gasteiger partial charge in [-0.3, -0.25) is 0 Å². The first kappa shape index (κ1) is 22.3. The fourth-order valence-corrected chi connectivity index (χ4v) is 1.61. The van der Waals surface area contributed by atoms with Crippen LogP contribution in [0, 0.1) is 0 Å². The second-order valence-electron chi connectivity index (χ2n) is 4.51. The van der Waals surface area contributed by atoms with Crippen molar-refractivity contribution in [2.24, 2.45) is 4.99 Å². The van der Waals surface area contributed by atoms with E-state index in [0.717, 1.165) is 17.1 Å². The van der Waals surface area contributed by atoms with Gasteiger partial charge in [0.1, 0.15) is 6.61 Å². The number of ether oxygens (including phenoxy) is 1. The Balaban J connectivity index is 0.000000579. The normalized spacial score (nSPS) is 15.0. The summed E-state index contributed by atoms with van der Waals surface area (Å²) in [6.07, 6.45) is 0. The molecule has 0 saturated carbocycles. The Morgan fingerprint density at radius 2 is 1.71 bits per heavy atom. The quantitative estimate of drug-likeness (QED) is 0.396. The number of nitrogens with zero attached hydrogens (tertiary/aromatic N) is 1. The molecule has 0 spiro atoms. The van der Waals surface area contributed by atoms with Gasteiger partial charge in [0, 0.05) is 12.7 Å². The van der Waals surface area contributed by atoms with Crippen molar-refractivity contribution < 1.29 is 9.66 Å². The van der Waals surface area contributed by atoms with E-state index < -0.39 is 0 Å². The average molecular weight is 666 g/mol. The van der Waals surface area contributed by atoms with Gasteiger partial charge in [0.25, 0.3) is 0 Å². The van der Waals surface area contributed by atoms with Crippen LogP contribution in [0.25, 0.3) is 0 Å². The van der Waals surface area contributed by atoms with Gasteiger partial charge < -0.3 is 10.1 Å². The molecule has 1 N–H and O–H groups in total. The molecule has 3 nitrogen and oxygen atoms in total. The monoisotopic (exact) mass is 666 g/mol. The van der Waals surface area contributed by atoms with Crippen LogP contribution in [0.2, 0.25) is 0 Å². The van der Waals surface area contributed by atoms with Gasteiger partial charge in [-0.25, -0.2) is 4.99 Å². The van der Waals surface area contributed by atoms with Crippen molar-refractivity contribution in [3.63, 3.8) is 0 Å². The van der Waals surface area contributed by atoms with E-state index in [1.54, 1.807) is 0 Å². The second-order valence-corrected chi connectivity index (χ2v) is 39.9. The van der Waals surface area contributed by atoms with Crippen molar-refractivity contribution in [1.29, 1.82) is 0 Å². The van der Waals surface area contributed by atoms with Crippen molar-refractivity contribution in [2.75, 3.05) is 19.0 Å². The molecule has 21 heavy (non-hydrogen) atoms. The second kappa shape index (κ2) is 11.7. The molecule has 0 aromatic heterocycles. The summed E-state index contributed by atoms with van der Waals surface area (Å²) in [6.45, 7) is 8.80. The molecule has 0 saturated heterocycles. The molecule has 0 fully saturated rings. The molecular formula is C14H22I3N2OV. The Morgan fingerprint density at radius 3 is 2.14 bits per heavy atom. The standard InChI is InChI=1S/C12H16N2O.C2H6.3HI.V/c1-12(2)8-15-11(14-12)9-6-4-5-7-10(9)13-3;1-2;;;;/h4-7,13H,8H2,1-3H3;1-2H3;3*1H;/q;;;;;+3/p-3. The first-order chi connectivity index (χ1) is 9.85. The van der Waals surface area contributed by atoms with Gasteiger partial charge in [-0.15, -0.1) is 0 Å². The molecule has 0 amide bonds. The Bertz CT molecular complexity index is 451. The zero-order valence-electron chi connectivity index (χ0n) is 13.0. The van der Waals surface area contributed by atoms with E-state index in [2.05, 4.69) is 84.1 Å². The number of hydrogen-bond donors (Lipinski definition) is 1. The number of rotatable bonds is 2. The zero-order chi connectivity index (χ0) is 16.5. The van der Waals surface area contributed by atoms with Crippen LogP contribution in [0.3, 0.4) is 0 Å². The summed E-state index contributed by atoms with van der Waals surface area (Å²) in [5.41, 5.74) is 1.98. The maximum atomic E-state index is 5.61. The maximum absolute atomic E-state index is 5.61. The summed E-state index contributed by atoms with van der Waals surface area (Å²) >= 11 is 7.39. The van der Waals surface area contributed by atoms with Gasteiger partial charge >= 0.3 is 64.9 Å². The third kappa shape index (κ3) is 9.21. The SMILES string of the molecule is CC.CNc1ccccc1C1=NC(C)(C)CO1.[I][V]([I])[I]. The van der Waals surface area contributed by atoms with E-state index in [1.807, 2.05) is 45.2 Å². The molecule has 0 radical (unpaired) electrons. The van der Waals surface area contributed by atoms with Gasteiger partial charge in [0.05, 0.1) is 11.1 Å². The van der Waals surface area contributed by atoms with E-state index in [4.69, 9.17) is 4.74 Å². The average Bonchev–Trinajstić information content (AvgIpc) is 2.80. The van der Waals surface area contributed by atoms with Crippen molar-refractivity contribution in [3.8, 4) is 0 Å². The molecule has 1 aromatic rings. The molecule has 0 bridgehead atoms. The van der Waals surface area contributed by atoms with Crippen LogP contribution in [0.15, 0.2) is 29.3 Å². The summed E-state index contributed by atoms with van der Waals surface area (Å²) < 4.78 is 5.61. The van der Waals surface area contributed by atoms with Gasteiger partial charge in [0.2, 0.25) is 5.90 Å². The van der Waals surface area contributed by atoms with Gasteiger partial charge in [-0.1, -0.05) is 26.0 Å². The van der Waals surface area contributed by atoms with Crippen LogP contribution < -0.4 is 5.32 Å². The summed E-state index contributed by atoms with van der Waals surface area (Å²) in [5, 5.41) is 3.14. The number of benzene rings is 1. The summed E-state index contributed by atoms with van der Waals surface area (Å²) in [7, 11) is 1.90. The van der Waals surface area contributed by atoms with E-state index in [-0.39, 0.29) is 10.5 Å². The number of hydrogen-bond acceptors (Lipinski definition) is 3. The van der Waals surface area contributed by atoms with E-state index >= 15 is 0 Å².